The quantitative estimate of drug-likeness (QED) is 0.604. The fourth-order valence-corrected chi connectivity index (χ4v) is 1.38. The number of hydrogen-bond acceptors (Lipinski definition) is 2. The Balaban J connectivity index is 3.24. The Bertz CT molecular complexity index is 384. The van der Waals surface area contributed by atoms with Crippen LogP contribution in [0.25, 0.3) is 0 Å². The van der Waals surface area contributed by atoms with Gasteiger partial charge in [0.05, 0.1) is 11.6 Å². The summed E-state index contributed by atoms with van der Waals surface area (Å²) < 4.78 is 0. The minimum Gasteiger partial charge on any atom is -0.276 e. The zero-order valence-electron chi connectivity index (χ0n) is 6.55. The summed E-state index contributed by atoms with van der Waals surface area (Å²) in [5.74, 6) is 0. The lowest BCUT2D eigenvalue weighted by molar-refractivity contribution is 0.108. The average molecular weight is 259 g/mol. The second kappa shape index (κ2) is 4.40. The zero-order chi connectivity index (χ0) is 9.84. The zero-order valence-corrected chi connectivity index (χ0v) is 8.89. The van der Waals surface area contributed by atoms with Crippen molar-refractivity contribution in [3.05, 3.63) is 34.9 Å². The molecule has 1 aromatic rings. The van der Waals surface area contributed by atoms with Gasteiger partial charge in [0.2, 0.25) is 0 Å². The molecule has 0 radical (unpaired) electrons. The fourth-order valence-electron chi connectivity index (χ4n) is 0.947. The van der Waals surface area contributed by atoms with Crippen molar-refractivity contribution in [3.8, 4) is 6.07 Å². The van der Waals surface area contributed by atoms with Crippen LogP contribution in [-0.2, 0) is 5.33 Å². The molecule has 0 N–H and O–H groups in total. The smallest absolute Gasteiger partial charge is 0.252 e. The number of hydrogen-bond donors (Lipinski definition) is 0. The first-order valence-corrected chi connectivity index (χ1v) is 4.97. The summed E-state index contributed by atoms with van der Waals surface area (Å²) in [5.41, 5.74) is 1.67. The minimum absolute atomic E-state index is 0.357. The first-order chi connectivity index (χ1) is 6.17. The SMILES string of the molecule is N#Cc1cc(CBr)cc(C(=O)Cl)c1. The number of carbonyl (C=O) groups is 1. The lowest BCUT2D eigenvalue weighted by Crippen LogP contribution is -1.92. The van der Waals surface area contributed by atoms with Gasteiger partial charge in [-0.25, -0.2) is 0 Å². The molecule has 0 atom stereocenters. The number of carbonyl (C=O) groups excluding carboxylic acids is 1. The largest absolute Gasteiger partial charge is 0.276 e. The first kappa shape index (κ1) is 10.2. The Hall–Kier alpha value is -0.850. The van der Waals surface area contributed by atoms with Crippen molar-refractivity contribution in [3.63, 3.8) is 0 Å². The molecule has 0 amide bonds. The van der Waals surface area contributed by atoms with Crippen LogP contribution in [0.15, 0.2) is 18.2 Å². The Morgan fingerprint density at radius 3 is 2.69 bits per heavy atom. The van der Waals surface area contributed by atoms with Crippen molar-refractivity contribution in [2.45, 2.75) is 5.33 Å². The number of nitrogens with zero attached hydrogens (tertiary/aromatic N) is 1. The van der Waals surface area contributed by atoms with Gasteiger partial charge in [0.25, 0.3) is 5.24 Å². The molecule has 4 heteroatoms. The van der Waals surface area contributed by atoms with Crippen LogP contribution in [0, 0.1) is 11.3 Å². The van der Waals surface area contributed by atoms with Crippen LogP contribution in [0.5, 0.6) is 0 Å². The fraction of sp³-hybridized carbons (Fsp3) is 0.111. The lowest BCUT2D eigenvalue weighted by Gasteiger charge is -1.99. The maximum atomic E-state index is 10.8. The molecule has 0 aliphatic heterocycles. The summed E-state index contributed by atoms with van der Waals surface area (Å²) in [6, 6.07) is 6.80. The van der Waals surface area contributed by atoms with Gasteiger partial charge in [-0.3, -0.25) is 4.79 Å². The molecule has 0 heterocycles. The standard InChI is InChI=1S/C9H5BrClNO/c10-4-6-1-7(5-12)3-8(2-6)9(11)13/h1-3H,4H2. The second-order valence-corrected chi connectivity index (χ2v) is 3.34. The van der Waals surface area contributed by atoms with Gasteiger partial charge >= 0.3 is 0 Å². The molecule has 0 spiro atoms. The van der Waals surface area contributed by atoms with E-state index in [4.69, 9.17) is 16.9 Å². The molecule has 0 unspecified atom stereocenters. The molecule has 1 rings (SSSR count). The highest BCUT2D eigenvalue weighted by atomic mass is 79.9. The third kappa shape index (κ3) is 2.55. The summed E-state index contributed by atoms with van der Waals surface area (Å²) in [5, 5.41) is 8.70. The average Bonchev–Trinajstić information content (AvgIpc) is 2.16. The van der Waals surface area contributed by atoms with Crippen LogP contribution < -0.4 is 0 Å². The summed E-state index contributed by atoms with van der Waals surface area (Å²) in [4.78, 5) is 10.8. The number of benzene rings is 1. The molecule has 66 valence electrons. The summed E-state index contributed by atoms with van der Waals surface area (Å²) >= 11 is 8.54. The van der Waals surface area contributed by atoms with Crippen molar-refractivity contribution in [1.82, 2.24) is 0 Å². The van der Waals surface area contributed by atoms with Crippen LogP contribution >= 0.6 is 27.5 Å². The van der Waals surface area contributed by atoms with E-state index in [0.717, 1.165) is 5.56 Å². The third-order valence-electron chi connectivity index (χ3n) is 1.50. The van der Waals surface area contributed by atoms with Crippen LogP contribution in [0.2, 0.25) is 0 Å². The van der Waals surface area contributed by atoms with Gasteiger partial charge < -0.3 is 0 Å². The van der Waals surface area contributed by atoms with Crippen LogP contribution in [0.3, 0.4) is 0 Å². The van der Waals surface area contributed by atoms with Crippen LogP contribution in [-0.4, -0.2) is 5.24 Å². The molecule has 0 aromatic heterocycles. The molecule has 1 aromatic carbocycles. The molecule has 0 saturated carbocycles. The van der Waals surface area contributed by atoms with E-state index in [0.29, 0.717) is 16.5 Å². The van der Waals surface area contributed by atoms with E-state index in [2.05, 4.69) is 15.9 Å². The van der Waals surface area contributed by atoms with Crippen molar-refractivity contribution in [2.75, 3.05) is 0 Å². The van der Waals surface area contributed by atoms with Gasteiger partial charge in [0, 0.05) is 10.9 Å². The molecule has 0 aliphatic rings. The highest BCUT2D eigenvalue weighted by Crippen LogP contribution is 2.14. The van der Waals surface area contributed by atoms with Crippen LogP contribution in [0.1, 0.15) is 21.5 Å². The second-order valence-electron chi connectivity index (χ2n) is 2.44. The molecular formula is C9H5BrClNO. The van der Waals surface area contributed by atoms with Crippen molar-refractivity contribution >= 4 is 32.8 Å². The molecule has 0 bridgehead atoms. The normalized spacial score (nSPS) is 9.31. The maximum Gasteiger partial charge on any atom is 0.252 e. The topological polar surface area (TPSA) is 40.9 Å². The highest BCUT2D eigenvalue weighted by Gasteiger charge is 2.05. The third-order valence-corrected chi connectivity index (χ3v) is 2.37. The maximum absolute atomic E-state index is 10.8. The van der Waals surface area contributed by atoms with Gasteiger partial charge in [0.1, 0.15) is 0 Å². The van der Waals surface area contributed by atoms with E-state index >= 15 is 0 Å². The van der Waals surface area contributed by atoms with E-state index in [1.807, 2.05) is 6.07 Å². The van der Waals surface area contributed by atoms with E-state index in [9.17, 15) is 4.79 Å². The van der Waals surface area contributed by atoms with Gasteiger partial charge in [-0.15, -0.1) is 0 Å². The Morgan fingerprint density at radius 1 is 1.54 bits per heavy atom. The number of rotatable bonds is 2. The van der Waals surface area contributed by atoms with Crippen molar-refractivity contribution in [2.24, 2.45) is 0 Å². The summed E-state index contributed by atoms with van der Waals surface area (Å²) in [7, 11) is 0. The first-order valence-electron chi connectivity index (χ1n) is 3.47. The van der Waals surface area contributed by atoms with Gasteiger partial charge in [-0.1, -0.05) is 15.9 Å². The molecule has 2 nitrogen and oxygen atoms in total. The number of halogens is 2. The molecule has 0 aliphatic carbocycles. The van der Waals surface area contributed by atoms with E-state index in [-0.39, 0.29) is 0 Å². The predicted molar refractivity (Wildman–Crippen MR) is 54.0 cm³/mol. The predicted octanol–water partition coefficient (Wildman–Crippen LogP) is 2.83. The molecule has 0 saturated heterocycles. The van der Waals surface area contributed by atoms with E-state index in [1.165, 1.54) is 6.07 Å². The van der Waals surface area contributed by atoms with E-state index < -0.39 is 5.24 Å². The summed E-state index contributed by atoms with van der Waals surface area (Å²) in [6.07, 6.45) is 0. The van der Waals surface area contributed by atoms with Crippen molar-refractivity contribution in [1.29, 1.82) is 5.26 Å². The molecule has 13 heavy (non-hydrogen) atoms. The highest BCUT2D eigenvalue weighted by molar-refractivity contribution is 9.08. The van der Waals surface area contributed by atoms with Gasteiger partial charge in [-0.05, 0) is 35.4 Å². The Morgan fingerprint density at radius 2 is 2.23 bits per heavy atom. The molecular weight excluding hydrogens is 253 g/mol. The van der Waals surface area contributed by atoms with Gasteiger partial charge in [0.15, 0.2) is 0 Å². The van der Waals surface area contributed by atoms with E-state index in [1.54, 1.807) is 12.1 Å². The number of nitriles is 1. The van der Waals surface area contributed by atoms with Crippen molar-refractivity contribution < 1.29 is 4.79 Å². The Kier molecular flexibility index (Phi) is 3.47. The summed E-state index contributed by atoms with van der Waals surface area (Å²) in [6.45, 7) is 0. The Labute approximate surface area is 89.3 Å². The minimum atomic E-state index is -0.542. The van der Waals surface area contributed by atoms with Crippen LogP contribution in [0.4, 0.5) is 0 Å². The van der Waals surface area contributed by atoms with Gasteiger partial charge in [-0.2, -0.15) is 5.26 Å². The molecule has 0 fully saturated rings. The lowest BCUT2D eigenvalue weighted by atomic mass is 10.1. The monoisotopic (exact) mass is 257 g/mol. The number of alkyl halides is 1.